The van der Waals surface area contributed by atoms with Crippen molar-refractivity contribution in [3.63, 3.8) is 0 Å². The maximum absolute atomic E-state index is 12.0. The van der Waals surface area contributed by atoms with E-state index in [1.807, 2.05) is 12.1 Å². The van der Waals surface area contributed by atoms with Gasteiger partial charge >= 0.3 is 5.97 Å². The van der Waals surface area contributed by atoms with Crippen LogP contribution in [-0.2, 0) is 9.53 Å². The van der Waals surface area contributed by atoms with Crippen LogP contribution in [0.1, 0.15) is 36.3 Å². The van der Waals surface area contributed by atoms with Gasteiger partial charge < -0.3 is 4.74 Å². The molecular formula is C18H16BrClN2O2. The van der Waals surface area contributed by atoms with Gasteiger partial charge in [0, 0.05) is 27.8 Å². The van der Waals surface area contributed by atoms with Crippen molar-refractivity contribution in [3.05, 3.63) is 63.3 Å². The summed E-state index contributed by atoms with van der Waals surface area (Å²) in [6, 6.07) is 11.3. The molecule has 6 heteroatoms. The van der Waals surface area contributed by atoms with Crippen LogP contribution >= 0.6 is 27.5 Å². The minimum atomic E-state index is -0.584. The van der Waals surface area contributed by atoms with Gasteiger partial charge in [-0.25, -0.2) is 0 Å². The highest BCUT2D eigenvalue weighted by Gasteiger charge is 2.29. The fourth-order valence-corrected chi connectivity index (χ4v) is 3.34. The minimum Gasteiger partial charge on any atom is -0.466 e. The Hall–Kier alpha value is -1.90. The highest BCUT2D eigenvalue weighted by atomic mass is 79.9. The molecule has 0 aliphatic carbocycles. The lowest BCUT2D eigenvalue weighted by molar-refractivity contribution is -0.143. The van der Waals surface area contributed by atoms with E-state index in [1.54, 1.807) is 37.5 Å². The van der Waals surface area contributed by atoms with E-state index in [-0.39, 0.29) is 18.3 Å². The van der Waals surface area contributed by atoms with Crippen LogP contribution in [0.2, 0.25) is 5.02 Å². The number of hydrogen-bond acceptors (Lipinski definition) is 4. The molecular weight excluding hydrogens is 392 g/mol. The third-order valence-electron chi connectivity index (χ3n) is 3.64. The van der Waals surface area contributed by atoms with Crippen LogP contribution in [0.5, 0.6) is 0 Å². The zero-order valence-corrected chi connectivity index (χ0v) is 15.4. The lowest BCUT2D eigenvalue weighted by Crippen LogP contribution is -2.17. The van der Waals surface area contributed by atoms with Crippen molar-refractivity contribution in [1.82, 2.24) is 4.98 Å². The molecule has 1 aromatic heterocycles. The molecule has 0 fully saturated rings. The van der Waals surface area contributed by atoms with E-state index in [0.717, 1.165) is 10.0 Å². The Labute approximate surface area is 154 Å². The van der Waals surface area contributed by atoms with Gasteiger partial charge in [0.25, 0.3) is 0 Å². The van der Waals surface area contributed by atoms with E-state index in [4.69, 9.17) is 16.3 Å². The third kappa shape index (κ3) is 4.56. The average molecular weight is 408 g/mol. The van der Waals surface area contributed by atoms with Crippen molar-refractivity contribution in [3.8, 4) is 6.07 Å². The number of pyridine rings is 1. The first-order chi connectivity index (χ1) is 11.6. The Bertz CT molecular complexity index is 746. The Kier molecular flexibility index (Phi) is 6.77. The summed E-state index contributed by atoms with van der Waals surface area (Å²) in [6.45, 7) is 2.05. The summed E-state index contributed by atoms with van der Waals surface area (Å²) >= 11 is 9.68. The molecule has 2 unspecified atom stereocenters. The number of rotatable bonds is 6. The van der Waals surface area contributed by atoms with Crippen molar-refractivity contribution >= 4 is 33.5 Å². The summed E-state index contributed by atoms with van der Waals surface area (Å²) < 4.78 is 5.89. The van der Waals surface area contributed by atoms with E-state index >= 15 is 0 Å². The molecule has 0 amide bonds. The van der Waals surface area contributed by atoms with E-state index in [9.17, 15) is 10.1 Å². The van der Waals surface area contributed by atoms with Gasteiger partial charge in [0.1, 0.15) is 0 Å². The minimum absolute atomic E-state index is 0.0875. The second-order valence-electron chi connectivity index (χ2n) is 5.17. The molecule has 0 spiro atoms. The predicted octanol–water partition coefficient (Wildman–Crippen LogP) is 4.84. The van der Waals surface area contributed by atoms with Crippen LogP contribution in [0.3, 0.4) is 0 Å². The summed E-state index contributed by atoms with van der Waals surface area (Å²) in [5.74, 6) is -1.32. The van der Waals surface area contributed by atoms with Crippen LogP contribution in [0, 0.1) is 11.3 Å². The molecule has 0 saturated heterocycles. The molecule has 0 radical (unpaired) electrons. The fraction of sp³-hybridized carbons (Fsp3) is 0.278. The normalized spacial score (nSPS) is 12.9. The molecule has 0 N–H and O–H groups in total. The molecule has 0 saturated carbocycles. The number of halogens is 2. The molecule has 1 heterocycles. The number of nitriles is 1. The SMILES string of the molecule is CCOC(=O)CC(c1cccnc1)C(C#N)c1ccc(Br)cc1Cl. The number of benzene rings is 1. The number of nitrogens with zero attached hydrogens (tertiary/aromatic N) is 2. The average Bonchev–Trinajstić information content (AvgIpc) is 2.57. The van der Waals surface area contributed by atoms with Gasteiger partial charge in [-0.15, -0.1) is 0 Å². The van der Waals surface area contributed by atoms with E-state index in [1.165, 1.54) is 0 Å². The number of esters is 1. The van der Waals surface area contributed by atoms with E-state index in [2.05, 4.69) is 27.0 Å². The number of ether oxygens (including phenoxy) is 1. The van der Waals surface area contributed by atoms with Crippen LogP contribution < -0.4 is 0 Å². The summed E-state index contributed by atoms with van der Waals surface area (Å²) in [4.78, 5) is 16.1. The number of carbonyl (C=O) groups excluding carboxylic acids is 1. The summed E-state index contributed by atoms with van der Waals surface area (Å²) in [6.07, 6.45) is 3.41. The summed E-state index contributed by atoms with van der Waals surface area (Å²) in [5, 5.41) is 10.2. The van der Waals surface area contributed by atoms with Gasteiger partial charge in [-0.3, -0.25) is 9.78 Å². The zero-order chi connectivity index (χ0) is 17.5. The Morgan fingerprint density at radius 2 is 2.25 bits per heavy atom. The van der Waals surface area contributed by atoms with Crippen LogP contribution in [0.25, 0.3) is 0 Å². The Balaban J connectivity index is 2.43. The van der Waals surface area contributed by atoms with E-state index < -0.39 is 5.92 Å². The summed E-state index contributed by atoms with van der Waals surface area (Å²) in [5.41, 5.74) is 1.48. The van der Waals surface area contributed by atoms with Crippen LogP contribution in [-0.4, -0.2) is 17.6 Å². The smallest absolute Gasteiger partial charge is 0.306 e. The molecule has 2 aromatic rings. The second kappa shape index (κ2) is 8.81. The molecule has 4 nitrogen and oxygen atoms in total. The van der Waals surface area contributed by atoms with Gasteiger partial charge in [-0.1, -0.05) is 39.7 Å². The van der Waals surface area contributed by atoms with Crippen molar-refractivity contribution in [2.45, 2.75) is 25.2 Å². The van der Waals surface area contributed by atoms with Crippen molar-refractivity contribution in [1.29, 1.82) is 5.26 Å². The van der Waals surface area contributed by atoms with Gasteiger partial charge in [0.2, 0.25) is 0 Å². The standard InChI is InChI=1S/C18H16BrClN2O2/c1-2-24-18(23)9-15(12-4-3-7-22-11-12)16(10-21)14-6-5-13(19)8-17(14)20/h3-8,11,15-16H,2,9H2,1H3. The molecule has 2 rings (SSSR count). The lowest BCUT2D eigenvalue weighted by Gasteiger charge is -2.22. The lowest BCUT2D eigenvalue weighted by atomic mass is 9.81. The molecule has 0 aliphatic rings. The topological polar surface area (TPSA) is 63.0 Å². The van der Waals surface area contributed by atoms with Crippen LogP contribution in [0.15, 0.2) is 47.2 Å². The molecule has 124 valence electrons. The van der Waals surface area contributed by atoms with Crippen molar-refractivity contribution in [2.24, 2.45) is 0 Å². The first-order valence-electron chi connectivity index (χ1n) is 7.47. The van der Waals surface area contributed by atoms with Gasteiger partial charge in [0.15, 0.2) is 0 Å². The molecule has 0 bridgehead atoms. The summed E-state index contributed by atoms with van der Waals surface area (Å²) in [7, 11) is 0. The second-order valence-corrected chi connectivity index (χ2v) is 6.50. The van der Waals surface area contributed by atoms with Crippen molar-refractivity contribution in [2.75, 3.05) is 6.61 Å². The van der Waals surface area contributed by atoms with Crippen molar-refractivity contribution < 1.29 is 9.53 Å². The first kappa shape index (κ1) is 18.4. The molecule has 0 aliphatic heterocycles. The first-order valence-corrected chi connectivity index (χ1v) is 8.64. The quantitative estimate of drug-likeness (QED) is 0.643. The zero-order valence-electron chi connectivity index (χ0n) is 13.1. The van der Waals surface area contributed by atoms with Gasteiger partial charge in [0.05, 0.1) is 25.0 Å². The van der Waals surface area contributed by atoms with E-state index in [0.29, 0.717) is 17.2 Å². The largest absolute Gasteiger partial charge is 0.466 e. The maximum Gasteiger partial charge on any atom is 0.306 e. The fourth-order valence-electron chi connectivity index (χ4n) is 2.55. The predicted molar refractivity (Wildman–Crippen MR) is 95.7 cm³/mol. The highest BCUT2D eigenvalue weighted by Crippen LogP contribution is 2.39. The number of carbonyl (C=O) groups is 1. The van der Waals surface area contributed by atoms with Gasteiger partial charge in [-0.05, 0) is 36.2 Å². The number of hydrogen-bond donors (Lipinski definition) is 0. The van der Waals surface area contributed by atoms with Gasteiger partial charge in [-0.2, -0.15) is 5.26 Å². The molecule has 1 aromatic carbocycles. The molecule has 2 atom stereocenters. The highest BCUT2D eigenvalue weighted by molar-refractivity contribution is 9.10. The monoisotopic (exact) mass is 406 g/mol. The Morgan fingerprint density at radius 3 is 2.83 bits per heavy atom. The Morgan fingerprint density at radius 1 is 1.46 bits per heavy atom. The molecule has 24 heavy (non-hydrogen) atoms. The number of aromatic nitrogens is 1. The van der Waals surface area contributed by atoms with Crippen LogP contribution in [0.4, 0.5) is 0 Å². The maximum atomic E-state index is 12.0. The third-order valence-corrected chi connectivity index (χ3v) is 4.46.